The van der Waals surface area contributed by atoms with Gasteiger partial charge in [0.25, 0.3) is 0 Å². The molecule has 0 fully saturated rings. The predicted octanol–water partition coefficient (Wildman–Crippen LogP) is 13.9. The number of aromatic nitrogens is 3. The molecule has 0 aliphatic rings. The maximum absolute atomic E-state index is 5.22. The zero-order chi connectivity index (χ0) is 38.1. The van der Waals surface area contributed by atoms with Gasteiger partial charge in [-0.25, -0.2) is 0 Å². The van der Waals surface area contributed by atoms with Gasteiger partial charge < -0.3 is 9.55 Å². The van der Waals surface area contributed by atoms with Crippen LogP contribution in [0.4, 0.5) is 0 Å². The Morgan fingerprint density at radius 3 is 1.68 bits per heavy atom. The van der Waals surface area contributed by atoms with Gasteiger partial charge in [0, 0.05) is 43.4 Å². The monoisotopic (exact) mass is 904 g/mol. The standard InChI is InChI=1S/C41H37N2.C11H8N.Ir/c1-25(2)37-23-31(29-14-8-7-9-15-29)24-38(26(3)4)40(37)43-28(6)27(5)42-41(43)30-20-21-36-34-18-11-10-16-32(34)33-17-12-13-19-35(33)39(36)22-30;1-2-6-10(7-3-1)11-8-4-5-9-12-11;/h7-19,21-26H,1-6H3;1-6,8-9H;/q2*-1;. The molecule has 9 aromatic rings. The van der Waals surface area contributed by atoms with Crippen LogP contribution >= 0.6 is 0 Å². The van der Waals surface area contributed by atoms with E-state index in [1.807, 2.05) is 42.5 Å². The van der Waals surface area contributed by atoms with Crippen LogP contribution in [0.2, 0.25) is 0 Å². The molecule has 0 aliphatic heterocycles. The van der Waals surface area contributed by atoms with Gasteiger partial charge in [0.1, 0.15) is 0 Å². The summed E-state index contributed by atoms with van der Waals surface area (Å²) in [6, 6.07) is 58.0. The molecule has 0 aliphatic carbocycles. The fourth-order valence-corrected chi connectivity index (χ4v) is 7.73. The molecule has 0 amide bonds. The summed E-state index contributed by atoms with van der Waals surface area (Å²) in [4.78, 5) is 9.44. The Morgan fingerprint density at radius 2 is 1.11 bits per heavy atom. The maximum Gasteiger partial charge on any atom is 0.0608 e. The second-order valence-corrected chi connectivity index (χ2v) is 14.9. The summed E-state index contributed by atoms with van der Waals surface area (Å²) in [5.41, 5.74) is 11.7. The summed E-state index contributed by atoms with van der Waals surface area (Å²) in [6.45, 7) is 13.5. The third-order valence-electron chi connectivity index (χ3n) is 10.7. The largest absolute Gasteiger partial charge is 0.337 e. The molecule has 0 saturated heterocycles. The molecular formula is C52H45IrN3-2. The van der Waals surface area contributed by atoms with Crippen LogP contribution in [0.5, 0.6) is 0 Å². The van der Waals surface area contributed by atoms with E-state index in [1.165, 1.54) is 66.0 Å². The average molecular weight is 904 g/mol. The van der Waals surface area contributed by atoms with Gasteiger partial charge >= 0.3 is 0 Å². The third kappa shape index (κ3) is 7.35. The van der Waals surface area contributed by atoms with Crippen molar-refractivity contribution in [1.82, 2.24) is 14.5 Å². The average Bonchev–Trinajstić information content (AvgIpc) is 3.53. The maximum atomic E-state index is 5.22. The molecular weight excluding hydrogens is 859 g/mol. The molecule has 2 aromatic heterocycles. The molecule has 4 heteroatoms. The number of hydrogen-bond acceptors (Lipinski definition) is 2. The van der Waals surface area contributed by atoms with Crippen molar-refractivity contribution < 1.29 is 20.1 Å². The molecule has 56 heavy (non-hydrogen) atoms. The van der Waals surface area contributed by atoms with Gasteiger partial charge in [0.05, 0.1) is 5.82 Å². The third-order valence-corrected chi connectivity index (χ3v) is 10.7. The van der Waals surface area contributed by atoms with Gasteiger partial charge in [-0.1, -0.05) is 135 Å². The van der Waals surface area contributed by atoms with Crippen LogP contribution in [0.15, 0.2) is 152 Å². The van der Waals surface area contributed by atoms with Crippen LogP contribution in [0.1, 0.15) is 62.0 Å². The number of fused-ring (bicyclic) bond motifs is 6. The zero-order valence-electron chi connectivity index (χ0n) is 32.8. The fraction of sp³-hybridized carbons (Fsp3) is 0.154. The molecule has 0 unspecified atom stereocenters. The molecule has 7 aromatic carbocycles. The summed E-state index contributed by atoms with van der Waals surface area (Å²) in [6.07, 6.45) is 1.79. The van der Waals surface area contributed by atoms with Crippen molar-refractivity contribution in [1.29, 1.82) is 0 Å². The number of imidazole rings is 1. The SMILES string of the molecule is Cc1nc(-c2[c-]cc3c4ccccc4c4ccccc4c3c2)n(-c2c(C(C)C)cc(-c3ccccc3)cc2C(C)C)c1C.[Ir].[c-]1ccccc1-c1ccccn1. The molecule has 3 nitrogen and oxygen atoms in total. The van der Waals surface area contributed by atoms with Crippen molar-refractivity contribution in [2.24, 2.45) is 0 Å². The van der Waals surface area contributed by atoms with Crippen molar-refractivity contribution in [3.05, 3.63) is 186 Å². The second kappa shape index (κ2) is 16.6. The van der Waals surface area contributed by atoms with E-state index in [0.717, 1.165) is 28.3 Å². The molecule has 9 rings (SSSR count). The first kappa shape index (κ1) is 38.6. The number of nitrogens with zero attached hydrogens (tertiary/aromatic N) is 3. The molecule has 2 heterocycles. The van der Waals surface area contributed by atoms with E-state index >= 15 is 0 Å². The van der Waals surface area contributed by atoms with Gasteiger partial charge in [-0.2, -0.15) is 0 Å². The number of hydrogen-bond donors (Lipinski definition) is 0. The minimum absolute atomic E-state index is 0. The van der Waals surface area contributed by atoms with E-state index in [2.05, 4.69) is 166 Å². The first-order chi connectivity index (χ1) is 26.8. The molecule has 0 N–H and O–H groups in total. The van der Waals surface area contributed by atoms with Crippen molar-refractivity contribution in [3.63, 3.8) is 0 Å². The fourth-order valence-electron chi connectivity index (χ4n) is 7.73. The Bertz CT molecular complexity index is 2670. The van der Waals surface area contributed by atoms with E-state index in [1.54, 1.807) is 6.20 Å². The van der Waals surface area contributed by atoms with Gasteiger partial charge in [-0.3, -0.25) is 4.98 Å². The van der Waals surface area contributed by atoms with Gasteiger partial charge in [-0.15, -0.1) is 59.7 Å². The number of rotatable bonds is 6. The predicted molar refractivity (Wildman–Crippen MR) is 232 cm³/mol. The number of aryl methyl sites for hydroxylation is 1. The van der Waals surface area contributed by atoms with Crippen molar-refractivity contribution >= 4 is 32.3 Å². The van der Waals surface area contributed by atoms with Crippen molar-refractivity contribution in [2.75, 3.05) is 0 Å². The van der Waals surface area contributed by atoms with E-state index < -0.39 is 0 Å². The zero-order valence-corrected chi connectivity index (χ0v) is 35.2. The molecule has 279 valence electrons. The van der Waals surface area contributed by atoms with Crippen LogP contribution in [0, 0.1) is 26.0 Å². The molecule has 0 bridgehead atoms. The molecule has 0 spiro atoms. The van der Waals surface area contributed by atoms with E-state index in [9.17, 15) is 0 Å². The minimum atomic E-state index is 0. The topological polar surface area (TPSA) is 30.7 Å². The van der Waals surface area contributed by atoms with Crippen LogP contribution in [-0.4, -0.2) is 14.5 Å². The Balaban J connectivity index is 0.000000315. The molecule has 1 radical (unpaired) electrons. The summed E-state index contributed by atoms with van der Waals surface area (Å²) in [5, 5.41) is 7.54. The van der Waals surface area contributed by atoms with Gasteiger partial charge in [0.15, 0.2) is 0 Å². The van der Waals surface area contributed by atoms with Crippen LogP contribution in [0.25, 0.3) is 71.8 Å². The summed E-state index contributed by atoms with van der Waals surface area (Å²) in [7, 11) is 0. The summed E-state index contributed by atoms with van der Waals surface area (Å²) in [5.74, 6) is 1.62. The van der Waals surface area contributed by atoms with Crippen molar-refractivity contribution in [2.45, 2.75) is 53.4 Å². The smallest absolute Gasteiger partial charge is 0.0608 e. The molecule has 0 atom stereocenters. The van der Waals surface area contributed by atoms with Crippen LogP contribution < -0.4 is 0 Å². The first-order valence-corrected chi connectivity index (χ1v) is 19.2. The summed E-state index contributed by atoms with van der Waals surface area (Å²) >= 11 is 0. The minimum Gasteiger partial charge on any atom is -0.337 e. The Hall–Kier alpha value is -5.67. The number of benzene rings is 7. The van der Waals surface area contributed by atoms with Gasteiger partial charge in [0.2, 0.25) is 0 Å². The van der Waals surface area contributed by atoms with E-state index in [-0.39, 0.29) is 20.1 Å². The molecule has 0 saturated carbocycles. The Kier molecular flexibility index (Phi) is 11.4. The van der Waals surface area contributed by atoms with E-state index in [4.69, 9.17) is 4.98 Å². The van der Waals surface area contributed by atoms with E-state index in [0.29, 0.717) is 11.8 Å². The van der Waals surface area contributed by atoms with Gasteiger partial charge in [-0.05, 0) is 88.0 Å². The van der Waals surface area contributed by atoms with Crippen LogP contribution in [0.3, 0.4) is 0 Å². The quantitative estimate of drug-likeness (QED) is 0.123. The number of pyridine rings is 1. The first-order valence-electron chi connectivity index (χ1n) is 19.2. The normalized spacial score (nSPS) is 11.2. The Morgan fingerprint density at radius 1 is 0.536 bits per heavy atom. The van der Waals surface area contributed by atoms with Crippen LogP contribution in [-0.2, 0) is 20.1 Å². The van der Waals surface area contributed by atoms with Crippen molar-refractivity contribution in [3.8, 4) is 39.5 Å². The second-order valence-electron chi connectivity index (χ2n) is 14.9. The Labute approximate surface area is 344 Å². The summed E-state index contributed by atoms with van der Waals surface area (Å²) < 4.78 is 2.41.